The quantitative estimate of drug-likeness (QED) is 0.166. The van der Waals surface area contributed by atoms with E-state index in [1.165, 1.54) is 43.4 Å². The minimum Gasteiger partial charge on any atom is -0.126 e. The molecule has 3 heteroatoms. The summed E-state index contributed by atoms with van der Waals surface area (Å²) in [7, 11) is 12.5. The molecule has 0 aliphatic carbocycles. The number of fused-ring (bicyclic) bond motifs is 4. The predicted octanol–water partition coefficient (Wildman–Crippen LogP) is 11.1. The van der Waals surface area contributed by atoms with Gasteiger partial charge in [-0.15, -0.1) is 68.7 Å². The van der Waals surface area contributed by atoms with Crippen LogP contribution in [0.5, 0.6) is 0 Å². The number of hydrogen-bond acceptors (Lipinski definition) is 0. The fourth-order valence-corrected chi connectivity index (χ4v) is 9.64. The maximum absolute atomic E-state index is 6.24. The van der Waals surface area contributed by atoms with Crippen LogP contribution >= 0.6 is 17.0 Å². The zero-order valence-electron chi connectivity index (χ0n) is 22.6. The van der Waals surface area contributed by atoms with Gasteiger partial charge >= 0.3 is 111 Å². The van der Waals surface area contributed by atoms with Gasteiger partial charge in [0.15, 0.2) is 0 Å². The van der Waals surface area contributed by atoms with Crippen LogP contribution in [0.15, 0.2) is 146 Å². The van der Waals surface area contributed by atoms with Crippen LogP contribution in [-0.2, 0) is 18.9 Å². The van der Waals surface area contributed by atoms with E-state index in [4.69, 9.17) is 17.0 Å². The molecule has 0 radical (unpaired) electrons. The predicted molar refractivity (Wildman–Crippen MR) is 174 cm³/mol. The van der Waals surface area contributed by atoms with Gasteiger partial charge in [0.2, 0.25) is 0 Å². The SMILES string of the molecule is Cc1cccc2[cH-]cc(C)c12.[Cl][Zr]([Cl])=[C](c1ccccc1)c1ccccc1.c1ccc2c(c1)[cH-]c1ccccc12. The summed E-state index contributed by atoms with van der Waals surface area (Å²) in [6, 6.07) is 50.4. The normalized spacial score (nSPS) is 10.5. The summed E-state index contributed by atoms with van der Waals surface area (Å²) in [4.78, 5) is 0. The average molecular weight is 637 g/mol. The molecule has 0 aliphatic heterocycles. The van der Waals surface area contributed by atoms with E-state index in [0.717, 1.165) is 14.3 Å². The smallest absolute Gasteiger partial charge is 0.0771 e. The van der Waals surface area contributed by atoms with Gasteiger partial charge in [0.25, 0.3) is 0 Å². The summed E-state index contributed by atoms with van der Waals surface area (Å²) in [5.74, 6) is 0. The number of hydrogen-bond donors (Lipinski definition) is 0. The molecule has 0 saturated heterocycles. The Hall–Kier alpha value is -3.09. The Labute approximate surface area is 251 Å². The molecule has 0 spiro atoms. The first kappa shape index (κ1) is 28.4. The van der Waals surface area contributed by atoms with E-state index in [1.54, 1.807) is 0 Å². The van der Waals surface area contributed by atoms with Crippen LogP contribution in [0.4, 0.5) is 0 Å². The van der Waals surface area contributed by atoms with Crippen LogP contribution in [0.25, 0.3) is 32.3 Å². The molecule has 40 heavy (non-hydrogen) atoms. The van der Waals surface area contributed by atoms with Crippen molar-refractivity contribution in [3.05, 3.63) is 168 Å². The van der Waals surface area contributed by atoms with Crippen molar-refractivity contribution in [2.24, 2.45) is 0 Å². The minimum atomic E-state index is -2.44. The van der Waals surface area contributed by atoms with Crippen molar-refractivity contribution in [2.75, 3.05) is 0 Å². The van der Waals surface area contributed by atoms with Crippen LogP contribution in [0, 0.1) is 13.8 Å². The molecule has 0 unspecified atom stereocenters. The third kappa shape index (κ3) is 6.61. The van der Waals surface area contributed by atoms with E-state index in [0.29, 0.717) is 0 Å². The summed E-state index contributed by atoms with van der Waals surface area (Å²) in [6.07, 6.45) is 0. The molecule has 0 aromatic heterocycles. The molecule has 0 nitrogen and oxygen atoms in total. The molecule has 198 valence electrons. The molecule has 7 aromatic carbocycles. The first-order chi connectivity index (χ1) is 19.5. The van der Waals surface area contributed by atoms with Gasteiger partial charge < -0.3 is 0 Å². The van der Waals surface area contributed by atoms with E-state index < -0.39 is 18.9 Å². The Balaban J connectivity index is 0.000000123. The van der Waals surface area contributed by atoms with E-state index in [1.807, 2.05) is 36.4 Å². The fraction of sp³-hybridized carbons (Fsp3) is 0.0541. The molecule has 7 aromatic rings. The molecule has 0 saturated carbocycles. The topological polar surface area (TPSA) is 0 Å². The molecule has 0 fully saturated rings. The van der Waals surface area contributed by atoms with Crippen molar-refractivity contribution < 1.29 is 18.9 Å². The molecule has 0 bridgehead atoms. The summed E-state index contributed by atoms with van der Waals surface area (Å²) < 4.78 is 1.15. The molecule has 0 amide bonds. The molecule has 0 aliphatic rings. The van der Waals surface area contributed by atoms with Crippen molar-refractivity contribution >= 4 is 52.5 Å². The molecule has 0 atom stereocenters. The Morgan fingerprint density at radius 2 is 1.00 bits per heavy atom. The van der Waals surface area contributed by atoms with Crippen molar-refractivity contribution in [1.29, 1.82) is 0 Å². The van der Waals surface area contributed by atoms with Crippen molar-refractivity contribution in [2.45, 2.75) is 13.8 Å². The van der Waals surface area contributed by atoms with Gasteiger partial charge in [-0.1, -0.05) is 55.0 Å². The van der Waals surface area contributed by atoms with E-state index in [9.17, 15) is 0 Å². The summed E-state index contributed by atoms with van der Waals surface area (Å²) in [5, 5.41) is 8.18. The van der Waals surface area contributed by atoms with Gasteiger partial charge in [0.1, 0.15) is 0 Å². The van der Waals surface area contributed by atoms with Gasteiger partial charge in [-0.2, -0.15) is 11.6 Å². The zero-order valence-corrected chi connectivity index (χ0v) is 26.6. The second-order valence-corrected chi connectivity index (χ2v) is 17.9. The summed E-state index contributed by atoms with van der Waals surface area (Å²) in [5.41, 5.74) is 5.06. The Morgan fingerprint density at radius 3 is 1.50 bits per heavy atom. The monoisotopic (exact) mass is 634 g/mol. The number of rotatable bonds is 2. The molecular weight excluding hydrogens is 607 g/mol. The molecule has 0 heterocycles. The Kier molecular flexibility index (Phi) is 9.61. The number of benzene rings is 5. The zero-order chi connectivity index (χ0) is 27.9. The fourth-order valence-electron chi connectivity index (χ4n) is 5.16. The van der Waals surface area contributed by atoms with Crippen LogP contribution in [0.3, 0.4) is 0 Å². The number of halogens is 2. The third-order valence-electron chi connectivity index (χ3n) is 7.05. The average Bonchev–Trinajstić information content (AvgIpc) is 3.56. The molecule has 0 N–H and O–H groups in total. The summed E-state index contributed by atoms with van der Waals surface area (Å²) >= 11 is -2.44. The van der Waals surface area contributed by atoms with Gasteiger partial charge in [-0.05, 0) is 6.92 Å². The van der Waals surface area contributed by atoms with Gasteiger partial charge in [-0.25, -0.2) is 0 Å². The van der Waals surface area contributed by atoms with E-state index >= 15 is 0 Å². The van der Waals surface area contributed by atoms with E-state index in [-0.39, 0.29) is 0 Å². The first-order valence-corrected chi connectivity index (χ1v) is 20.9. The number of aryl methyl sites for hydroxylation is 2. The van der Waals surface area contributed by atoms with Crippen molar-refractivity contribution in [3.63, 3.8) is 0 Å². The Morgan fingerprint density at radius 1 is 0.525 bits per heavy atom. The van der Waals surface area contributed by atoms with Crippen LogP contribution in [-0.4, -0.2) is 3.21 Å². The van der Waals surface area contributed by atoms with Gasteiger partial charge in [0.05, 0.1) is 0 Å². The first-order valence-electron chi connectivity index (χ1n) is 13.3. The minimum absolute atomic E-state index is 1.15. The van der Waals surface area contributed by atoms with E-state index in [2.05, 4.69) is 123 Å². The van der Waals surface area contributed by atoms with Gasteiger partial charge in [0, 0.05) is 0 Å². The molecular formula is C37H30Cl2Zr-2. The third-order valence-corrected chi connectivity index (χ3v) is 11.6. The second-order valence-electron chi connectivity index (χ2n) is 9.74. The van der Waals surface area contributed by atoms with Crippen molar-refractivity contribution in [3.8, 4) is 0 Å². The van der Waals surface area contributed by atoms with Crippen LogP contribution in [0.1, 0.15) is 22.3 Å². The largest absolute Gasteiger partial charge is 0.126 e. The second kappa shape index (κ2) is 13.5. The van der Waals surface area contributed by atoms with Crippen LogP contribution < -0.4 is 0 Å². The standard InChI is InChI=1S/C13H9.C13H10.C11H11.2ClH.Zr/c1-3-7-12-10(5-1)9-11-6-2-4-8-13(11)12;1-3-7-12(8-4-1)11-13-9-5-2-6-10-13;1-8-4-3-5-10-7-6-9(2)11(8)10;;;/h1-9H;1-10H;3-7H,1-2H3;2*1H;/q-1;;-1;;;+2/p-2. The summed E-state index contributed by atoms with van der Waals surface area (Å²) in [6.45, 7) is 4.32. The van der Waals surface area contributed by atoms with Crippen molar-refractivity contribution in [1.82, 2.24) is 0 Å². The maximum Gasteiger partial charge on any atom is -0.0771 e. The Bertz CT molecular complexity index is 1780. The van der Waals surface area contributed by atoms with Gasteiger partial charge in [-0.3, -0.25) is 0 Å². The maximum atomic E-state index is 6.24. The molecule has 7 rings (SSSR count). The van der Waals surface area contributed by atoms with Crippen LogP contribution in [0.2, 0.25) is 0 Å².